The summed E-state index contributed by atoms with van der Waals surface area (Å²) in [6.45, 7) is 3.30. The van der Waals surface area contributed by atoms with Crippen LogP contribution in [0.5, 0.6) is 0 Å². The molecule has 4 aromatic carbocycles. The number of aromatic nitrogens is 6. The number of anilines is 6. The summed E-state index contributed by atoms with van der Waals surface area (Å²) in [5.41, 5.74) is 0.690. The molecule has 308 valence electrons. The Morgan fingerprint density at radius 1 is 0.517 bits per heavy atom. The Labute approximate surface area is 345 Å². The molecule has 60 heavy (non-hydrogen) atoms. The molecule has 2 aromatic heterocycles. The van der Waals surface area contributed by atoms with Gasteiger partial charge in [0.15, 0.2) is 11.6 Å². The van der Waals surface area contributed by atoms with Gasteiger partial charge in [-0.1, -0.05) is 84.9 Å². The van der Waals surface area contributed by atoms with Crippen LogP contribution in [0, 0.1) is 0 Å². The zero-order valence-corrected chi connectivity index (χ0v) is 33.4. The largest absolute Gasteiger partial charge is 0.378 e. The molecule has 0 saturated carbocycles. The Hall–Kier alpha value is -6.42. The first-order valence-electron chi connectivity index (χ1n) is 18.7. The highest BCUT2D eigenvalue weighted by Gasteiger charge is 2.35. The normalized spacial score (nSPS) is 15.3. The van der Waals surface area contributed by atoms with Crippen molar-refractivity contribution in [1.82, 2.24) is 29.9 Å². The summed E-state index contributed by atoms with van der Waals surface area (Å²) in [4.78, 5) is 30.3. The fraction of sp³-hybridized carbons (Fsp3) is 0.200. The molecule has 0 atom stereocenters. The van der Waals surface area contributed by atoms with E-state index in [4.69, 9.17) is 39.4 Å². The van der Waals surface area contributed by atoms with E-state index in [-0.39, 0.29) is 57.7 Å². The molecule has 0 spiro atoms. The summed E-state index contributed by atoms with van der Waals surface area (Å²) in [6.07, 6.45) is 0. The third kappa shape index (κ3) is 9.23. The highest BCUT2D eigenvalue weighted by atomic mass is 32.2. The first kappa shape index (κ1) is 40.4. The van der Waals surface area contributed by atoms with Gasteiger partial charge in [-0.3, -0.25) is 9.11 Å². The van der Waals surface area contributed by atoms with Gasteiger partial charge < -0.3 is 29.9 Å². The van der Waals surface area contributed by atoms with E-state index in [1.54, 1.807) is 24.3 Å². The summed E-state index contributed by atoms with van der Waals surface area (Å²) in [6, 6.07) is 29.7. The van der Waals surface area contributed by atoms with E-state index in [0.717, 1.165) is 0 Å². The summed E-state index contributed by atoms with van der Waals surface area (Å²) in [5.74, 6) is 0.506. The number of para-hydroxylation sites is 2. The first-order valence-corrected chi connectivity index (χ1v) is 21.6. The highest BCUT2D eigenvalue weighted by molar-refractivity contribution is 8.01. The molecule has 4 heterocycles. The number of benzene rings is 4. The zero-order chi connectivity index (χ0) is 41.7. The fourth-order valence-corrected chi connectivity index (χ4v) is 8.93. The van der Waals surface area contributed by atoms with Gasteiger partial charge in [0.05, 0.1) is 26.4 Å². The van der Waals surface area contributed by atoms with Crippen LogP contribution in [0.15, 0.2) is 109 Å². The average Bonchev–Trinajstić information content (AvgIpc) is 3.26. The van der Waals surface area contributed by atoms with Gasteiger partial charge in [0, 0.05) is 54.2 Å². The monoisotopic (exact) mass is 850 g/mol. The van der Waals surface area contributed by atoms with Crippen molar-refractivity contribution in [2.45, 2.75) is 0 Å². The molecule has 0 radical (unpaired) electrons. The standard InChI is InChI=1S/C40H38N10O8S2/c51-59(52,53)33(27-11-4-1-5-12-27)34(60(54,55)56)30-17-10-18-31(35-43-37(41-28-13-6-2-7-14-28)47-39(45-35)49-19-23-57-24-20-49)32(30)36-44-38(42-29-15-8-3-9-16-29)48-40(46-36)50-21-25-58-26-22-50/h1-18H,19-26H2,(H,51,52,53)(H,54,55,56)(H,41,43,45,47)(H,42,44,46,48). The quantitative estimate of drug-likeness (QED) is 0.0920. The van der Waals surface area contributed by atoms with Crippen LogP contribution >= 0.6 is 0 Å². The summed E-state index contributed by atoms with van der Waals surface area (Å²) >= 11 is 0. The Kier molecular flexibility index (Phi) is 11.7. The molecule has 2 aliphatic rings. The number of nitrogens with zero attached hydrogens (tertiary/aromatic N) is 8. The van der Waals surface area contributed by atoms with Gasteiger partial charge in [-0.25, -0.2) is 0 Å². The zero-order valence-electron chi connectivity index (χ0n) is 31.8. The van der Waals surface area contributed by atoms with Crippen molar-refractivity contribution < 1.29 is 35.4 Å². The molecule has 0 aliphatic carbocycles. The lowest BCUT2D eigenvalue weighted by atomic mass is 9.98. The van der Waals surface area contributed by atoms with Gasteiger partial charge in [-0.2, -0.15) is 46.7 Å². The molecule has 0 amide bonds. The third-order valence-corrected chi connectivity index (χ3v) is 11.5. The fourth-order valence-electron chi connectivity index (χ4n) is 6.72. The van der Waals surface area contributed by atoms with E-state index in [0.29, 0.717) is 64.0 Å². The van der Waals surface area contributed by atoms with E-state index in [1.165, 1.54) is 36.4 Å². The molecule has 2 aliphatic heterocycles. The molecule has 18 nitrogen and oxygen atoms in total. The van der Waals surface area contributed by atoms with Crippen LogP contribution in [-0.4, -0.2) is 108 Å². The Morgan fingerprint density at radius 2 is 0.967 bits per heavy atom. The van der Waals surface area contributed by atoms with Crippen LogP contribution in [0.3, 0.4) is 0 Å². The smallest absolute Gasteiger partial charge is 0.296 e. The SMILES string of the molecule is O=S(=O)(O)C(=C(c1cccc(-c2nc(Nc3ccccc3)nc(N3CCOCC3)n2)c1-c1nc(Nc2ccccc2)nc(N2CCOCC2)n1)S(=O)(=O)O)c1ccccc1. The Bertz CT molecular complexity index is 2740. The maximum absolute atomic E-state index is 13.7. The predicted molar refractivity (Wildman–Crippen MR) is 226 cm³/mol. The topological polar surface area (TPSA) is 235 Å². The number of morpholine rings is 2. The average molecular weight is 851 g/mol. The second kappa shape index (κ2) is 17.4. The van der Waals surface area contributed by atoms with Gasteiger partial charge >= 0.3 is 0 Å². The molecule has 20 heteroatoms. The molecule has 0 unspecified atom stereocenters. The van der Waals surface area contributed by atoms with Crippen molar-refractivity contribution in [2.75, 3.05) is 73.0 Å². The molecular formula is C40H38N10O8S2. The lowest BCUT2D eigenvalue weighted by Crippen LogP contribution is -2.37. The molecule has 8 rings (SSSR count). The summed E-state index contributed by atoms with van der Waals surface area (Å²) in [7, 11) is -10.9. The molecule has 4 N–H and O–H groups in total. The number of hydrogen-bond acceptors (Lipinski definition) is 16. The van der Waals surface area contributed by atoms with Crippen molar-refractivity contribution >= 4 is 65.2 Å². The highest BCUT2D eigenvalue weighted by Crippen LogP contribution is 2.42. The lowest BCUT2D eigenvalue weighted by molar-refractivity contribution is 0.122. The van der Waals surface area contributed by atoms with Crippen molar-refractivity contribution in [3.05, 3.63) is 120 Å². The van der Waals surface area contributed by atoms with Crippen molar-refractivity contribution in [3.8, 4) is 22.8 Å². The Balaban J connectivity index is 1.46. The molecular weight excluding hydrogens is 813 g/mol. The van der Waals surface area contributed by atoms with Crippen molar-refractivity contribution in [2.24, 2.45) is 0 Å². The van der Waals surface area contributed by atoms with Gasteiger partial charge in [0.2, 0.25) is 23.8 Å². The lowest BCUT2D eigenvalue weighted by Gasteiger charge is -2.28. The van der Waals surface area contributed by atoms with E-state index in [9.17, 15) is 25.9 Å². The maximum Gasteiger partial charge on any atom is 0.296 e. The minimum absolute atomic E-state index is 0.00970. The second-order valence-corrected chi connectivity index (χ2v) is 16.2. The van der Waals surface area contributed by atoms with Gasteiger partial charge in [-0.05, 0) is 29.8 Å². The van der Waals surface area contributed by atoms with Crippen LogP contribution in [0.1, 0.15) is 11.1 Å². The number of hydrogen-bond donors (Lipinski definition) is 4. The van der Waals surface area contributed by atoms with Crippen LogP contribution in [-0.2, 0) is 29.7 Å². The maximum atomic E-state index is 13.7. The van der Waals surface area contributed by atoms with Crippen LogP contribution in [0.4, 0.5) is 35.2 Å². The molecule has 0 bridgehead atoms. The van der Waals surface area contributed by atoms with Gasteiger partial charge in [-0.15, -0.1) is 0 Å². The summed E-state index contributed by atoms with van der Waals surface area (Å²) in [5, 5.41) is 6.40. The molecule has 2 fully saturated rings. The second-order valence-electron chi connectivity index (χ2n) is 13.4. The van der Waals surface area contributed by atoms with E-state index < -0.39 is 30.0 Å². The van der Waals surface area contributed by atoms with Gasteiger partial charge in [0.1, 0.15) is 9.81 Å². The van der Waals surface area contributed by atoms with E-state index >= 15 is 0 Å². The number of rotatable bonds is 12. The van der Waals surface area contributed by atoms with Crippen molar-refractivity contribution in [1.29, 1.82) is 0 Å². The van der Waals surface area contributed by atoms with Crippen LogP contribution < -0.4 is 20.4 Å². The van der Waals surface area contributed by atoms with Gasteiger partial charge in [0.25, 0.3) is 20.2 Å². The Morgan fingerprint density at radius 3 is 1.45 bits per heavy atom. The summed E-state index contributed by atoms with van der Waals surface area (Å²) < 4.78 is 87.2. The molecule has 6 aromatic rings. The first-order chi connectivity index (χ1) is 29.0. The molecule has 2 saturated heterocycles. The van der Waals surface area contributed by atoms with Crippen LogP contribution in [0.25, 0.3) is 32.6 Å². The minimum Gasteiger partial charge on any atom is -0.378 e. The number of nitrogens with one attached hydrogen (secondary N) is 2. The van der Waals surface area contributed by atoms with E-state index in [1.807, 2.05) is 58.3 Å². The predicted octanol–water partition coefficient (Wildman–Crippen LogP) is 5.15. The third-order valence-electron chi connectivity index (χ3n) is 9.43. The van der Waals surface area contributed by atoms with Crippen LogP contribution in [0.2, 0.25) is 0 Å². The van der Waals surface area contributed by atoms with E-state index in [2.05, 4.69) is 10.6 Å². The van der Waals surface area contributed by atoms with Crippen molar-refractivity contribution in [3.63, 3.8) is 0 Å². The minimum atomic E-state index is -5.50. The number of ether oxygens (including phenoxy) is 2.